The lowest BCUT2D eigenvalue weighted by Gasteiger charge is -2.43. The van der Waals surface area contributed by atoms with Gasteiger partial charge in [-0.25, -0.2) is 4.68 Å². The number of hydrogen-bond acceptors (Lipinski definition) is 11. The Kier molecular flexibility index (Phi) is 10.7. The normalized spacial score (nSPS) is 25.1. The number of ether oxygens (including phenoxy) is 3. The van der Waals surface area contributed by atoms with Crippen molar-refractivity contribution < 1.29 is 28.6 Å². The van der Waals surface area contributed by atoms with Gasteiger partial charge in [-0.2, -0.15) is 0 Å². The zero-order valence-corrected chi connectivity index (χ0v) is 19.2. The van der Waals surface area contributed by atoms with Crippen molar-refractivity contribution in [3.63, 3.8) is 0 Å². The lowest BCUT2D eigenvalue weighted by atomic mass is 9.84. The van der Waals surface area contributed by atoms with Gasteiger partial charge in [-0.15, -0.1) is 5.10 Å². The molecule has 2 rings (SSSR count). The second-order valence-corrected chi connectivity index (χ2v) is 7.73. The third-order valence-electron chi connectivity index (χ3n) is 5.22. The Morgan fingerprint density at radius 2 is 2.16 bits per heavy atom. The van der Waals surface area contributed by atoms with E-state index in [0.29, 0.717) is 25.1 Å². The molecule has 0 spiro atoms. The Balaban J connectivity index is 1.98. The first-order valence-electron chi connectivity index (χ1n) is 10.3. The van der Waals surface area contributed by atoms with Crippen molar-refractivity contribution in [2.75, 3.05) is 6.61 Å². The minimum atomic E-state index is -0.515. The summed E-state index contributed by atoms with van der Waals surface area (Å²) in [6, 6.07) is 0. The third kappa shape index (κ3) is 7.95. The van der Waals surface area contributed by atoms with E-state index in [4.69, 9.17) is 19.7 Å². The summed E-state index contributed by atoms with van der Waals surface area (Å²) >= 11 is 3.60. The molecule has 5 atom stereocenters. The van der Waals surface area contributed by atoms with Gasteiger partial charge in [0.05, 0.1) is 18.8 Å². The molecule has 1 aliphatic heterocycles. The lowest BCUT2D eigenvalue weighted by Crippen LogP contribution is -2.53. The highest BCUT2D eigenvalue weighted by molar-refractivity contribution is 7.77. The number of nitrogens with one attached hydrogen (secondary N) is 1. The summed E-state index contributed by atoms with van der Waals surface area (Å²) in [5.41, 5.74) is 8.96. The fourth-order valence-electron chi connectivity index (χ4n) is 3.43. The van der Waals surface area contributed by atoms with Gasteiger partial charge in [0.25, 0.3) is 0 Å². The maximum absolute atomic E-state index is 11.7. The van der Waals surface area contributed by atoms with Gasteiger partial charge in [0.15, 0.2) is 6.29 Å². The van der Waals surface area contributed by atoms with Crippen LogP contribution in [0.3, 0.4) is 0 Å². The number of esters is 1. The molecule has 0 amide bonds. The van der Waals surface area contributed by atoms with Crippen LogP contribution in [-0.2, 0) is 41.7 Å². The van der Waals surface area contributed by atoms with Crippen molar-refractivity contribution in [2.24, 2.45) is 17.0 Å². The van der Waals surface area contributed by atoms with E-state index in [0.717, 1.165) is 0 Å². The van der Waals surface area contributed by atoms with Gasteiger partial charge in [-0.3, -0.25) is 9.59 Å². The summed E-state index contributed by atoms with van der Waals surface area (Å²) in [4.78, 5) is 32.3. The maximum atomic E-state index is 11.7. The number of rotatable bonds is 12. The van der Waals surface area contributed by atoms with Gasteiger partial charge < -0.3 is 19.0 Å². The van der Waals surface area contributed by atoms with Crippen LogP contribution >= 0.6 is 12.8 Å². The predicted molar refractivity (Wildman–Crippen MR) is 113 cm³/mol. The number of hydrogen-bond donors (Lipinski definition) is 2. The topological polar surface area (TPSA) is 163 Å². The summed E-state index contributed by atoms with van der Waals surface area (Å²) in [5, 5.41) is 11.5. The molecule has 0 aromatic carbocycles. The Morgan fingerprint density at radius 1 is 1.38 bits per heavy atom. The van der Waals surface area contributed by atoms with Crippen LogP contribution in [0.5, 0.6) is 0 Å². The molecule has 14 heteroatoms. The molecular formula is C18H29N7O6S. The third-order valence-corrected chi connectivity index (χ3v) is 5.31. The smallest absolute Gasteiger partial charge is 0.325 e. The number of azide groups is 1. The van der Waals surface area contributed by atoms with Crippen molar-refractivity contribution in [3.8, 4) is 0 Å². The quantitative estimate of drug-likeness (QED) is 0.0883. The Morgan fingerprint density at radius 3 is 2.84 bits per heavy atom. The summed E-state index contributed by atoms with van der Waals surface area (Å²) in [5.74, 6) is -0.865. The predicted octanol–water partition coefficient (Wildman–Crippen LogP) is 2.10. The van der Waals surface area contributed by atoms with Crippen LogP contribution in [0.15, 0.2) is 11.3 Å². The molecule has 32 heavy (non-hydrogen) atoms. The van der Waals surface area contributed by atoms with Crippen molar-refractivity contribution in [3.05, 3.63) is 22.3 Å². The van der Waals surface area contributed by atoms with Crippen LogP contribution in [0.1, 0.15) is 45.7 Å². The standard InChI is InChI=1S/C18H29N7O6S/c1-11-12(2)18(28-7-5-4-6-16(27)31-24-32)30-15(17(11)29-13(3)26)10-25-9-14(21-23-25)8-20-22-19/h9,11-12,15,17-18,24,32H,4-8,10H2,1-3H3/t11-,12?,15?,17-,18?/m1/s1. The second kappa shape index (κ2) is 13.2. The van der Waals surface area contributed by atoms with Gasteiger partial charge in [-0.1, -0.05) is 41.9 Å². The molecule has 0 saturated carbocycles. The highest BCUT2D eigenvalue weighted by atomic mass is 32.1. The largest absolute Gasteiger partial charge is 0.459 e. The highest BCUT2D eigenvalue weighted by Crippen LogP contribution is 2.34. The first-order valence-corrected chi connectivity index (χ1v) is 10.7. The van der Waals surface area contributed by atoms with Crippen LogP contribution in [0.25, 0.3) is 10.4 Å². The minimum Gasteiger partial charge on any atom is -0.459 e. The molecule has 1 N–H and O–H groups in total. The lowest BCUT2D eigenvalue weighted by molar-refractivity contribution is -0.269. The Labute approximate surface area is 191 Å². The SMILES string of the molecule is CC(=O)O[C@H]1C(Cn2cc(CN=[N+]=[N-])nn2)OC(OCCCCC(=O)ONS)C(C)[C@H]1C. The molecular weight excluding hydrogens is 442 g/mol. The molecule has 1 aromatic rings. The van der Waals surface area contributed by atoms with Crippen LogP contribution in [-0.4, -0.2) is 52.0 Å². The van der Waals surface area contributed by atoms with Crippen molar-refractivity contribution in [1.82, 2.24) is 19.9 Å². The number of thiol groups is 1. The van der Waals surface area contributed by atoms with Gasteiger partial charge in [0.2, 0.25) is 0 Å². The summed E-state index contributed by atoms with van der Waals surface area (Å²) < 4.78 is 19.2. The van der Waals surface area contributed by atoms with Crippen LogP contribution in [0.4, 0.5) is 0 Å². The summed E-state index contributed by atoms with van der Waals surface area (Å²) in [6.45, 7) is 6.09. The zero-order valence-electron chi connectivity index (χ0n) is 18.3. The Hall–Kier alpha value is -2.38. The molecule has 1 aliphatic rings. The van der Waals surface area contributed by atoms with Gasteiger partial charge in [-0.05, 0) is 18.4 Å². The first kappa shape index (κ1) is 25.9. The van der Waals surface area contributed by atoms with E-state index in [2.05, 4.69) is 38.0 Å². The van der Waals surface area contributed by atoms with E-state index in [9.17, 15) is 9.59 Å². The van der Waals surface area contributed by atoms with Crippen LogP contribution < -0.4 is 4.89 Å². The molecule has 0 bridgehead atoms. The Bertz CT molecular complexity index is 803. The monoisotopic (exact) mass is 471 g/mol. The molecule has 2 heterocycles. The number of aromatic nitrogens is 3. The van der Waals surface area contributed by atoms with E-state index in [1.165, 1.54) is 6.92 Å². The van der Waals surface area contributed by atoms with Crippen molar-refractivity contribution in [1.29, 1.82) is 0 Å². The second-order valence-electron chi connectivity index (χ2n) is 7.55. The van der Waals surface area contributed by atoms with Gasteiger partial charge in [0.1, 0.15) is 12.2 Å². The molecule has 13 nitrogen and oxygen atoms in total. The number of carbonyl (C=O) groups is 2. The van der Waals surface area contributed by atoms with E-state index in [1.807, 2.05) is 18.7 Å². The van der Waals surface area contributed by atoms with Crippen molar-refractivity contribution >= 4 is 24.8 Å². The van der Waals surface area contributed by atoms with E-state index < -0.39 is 30.4 Å². The number of unbranched alkanes of at least 4 members (excludes halogenated alkanes) is 1. The first-order chi connectivity index (χ1) is 15.3. The maximum Gasteiger partial charge on any atom is 0.325 e. The molecule has 1 aromatic heterocycles. The van der Waals surface area contributed by atoms with E-state index in [1.54, 1.807) is 10.9 Å². The molecule has 0 aliphatic carbocycles. The van der Waals surface area contributed by atoms with Crippen LogP contribution in [0.2, 0.25) is 0 Å². The van der Waals surface area contributed by atoms with Crippen LogP contribution in [0, 0.1) is 11.8 Å². The number of nitrogens with zero attached hydrogens (tertiary/aromatic N) is 6. The molecule has 3 unspecified atom stereocenters. The average molecular weight is 472 g/mol. The molecule has 1 fully saturated rings. The zero-order chi connectivity index (χ0) is 23.5. The molecule has 178 valence electrons. The average Bonchev–Trinajstić information content (AvgIpc) is 3.19. The van der Waals surface area contributed by atoms with Crippen molar-refractivity contribution in [2.45, 2.75) is 71.6 Å². The highest BCUT2D eigenvalue weighted by Gasteiger charge is 2.44. The fourth-order valence-corrected chi connectivity index (χ4v) is 3.54. The van der Waals surface area contributed by atoms with E-state index in [-0.39, 0.29) is 31.3 Å². The van der Waals surface area contributed by atoms with Gasteiger partial charge >= 0.3 is 11.9 Å². The van der Waals surface area contributed by atoms with E-state index >= 15 is 0 Å². The van der Waals surface area contributed by atoms with Gasteiger partial charge in [0, 0.05) is 42.9 Å². The summed E-state index contributed by atoms with van der Waals surface area (Å²) in [7, 11) is 0. The summed E-state index contributed by atoms with van der Waals surface area (Å²) in [6.07, 6.45) is 1.62. The molecule has 1 saturated heterocycles. The number of carbonyl (C=O) groups excluding carboxylic acids is 2. The fraction of sp³-hybridized carbons (Fsp3) is 0.778. The minimum absolute atomic E-state index is 0.0368. The molecule has 0 radical (unpaired) electrons.